The first kappa shape index (κ1) is 10.3. The van der Waals surface area contributed by atoms with Crippen molar-refractivity contribution < 1.29 is 4.74 Å². The molecule has 0 aliphatic heterocycles. The Labute approximate surface area is 82.6 Å². The third-order valence-corrected chi connectivity index (χ3v) is 2.03. The Balaban J connectivity index is 2.91. The van der Waals surface area contributed by atoms with Crippen LogP contribution in [0.3, 0.4) is 0 Å². The molecule has 72 valence electrons. The van der Waals surface area contributed by atoms with Crippen molar-refractivity contribution in [3.8, 4) is 0 Å². The van der Waals surface area contributed by atoms with Crippen LogP contribution in [0.15, 0.2) is 18.2 Å². The van der Waals surface area contributed by atoms with Crippen molar-refractivity contribution in [3.05, 3.63) is 28.8 Å². The highest BCUT2D eigenvalue weighted by atomic mass is 35.5. The number of rotatable bonds is 3. The number of hydrogen-bond donors (Lipinski definition) is 2. The molecule has 1 aromatic rings. The van der Waals surface area contributed by atoms with E-state index < -0.39 is 0 Å². The minimum absolute atomic E-state index is 0.219. The summed E-state index contributed by atoms with van der Waals surface area (Å²) in [6, 6.07) is 5.02. The van der Waals surface area contributed by atoms with E-state index in [0.717, 1.165) is 5.56 Å². The summed E-state index contributed by atoms with van der Waals surface area (Å²) in [6.45, 7) is 0.435. The van der Waals surface area contributed by atoms with Crippen molar-refractivity contribution in [3.63, 3.8) is 0 Å². The van der Waals surface area contributed by atoms with Gasteiger partial charge in [0.1, 0.15) is 0 Å². The molecular weight excluding hydrogens is 188 g/mol. The first-order valence-electron chi connectivity index (χ1n) is 3.94. The van der Waals surface area contributed by atoms with E-state index in [1.165, 1.54) is 0 Å². The molecule has 4 N–H and O–H groups in total. The maximum Gasteiger partial charge on any atom is 0.0656 e. The first-order valence-corrected chi connectivity index (χ1v) is 4.32. The van der Waals surface area contributed by atoms with Crippen LogP contribution in [-0.2, 0) is 4.74 Å². The third-order valence-electron chi connectivity index (χ3n) is 1.79. The van der Waals surface area contributed by atoms with Crippen molar-refractivity contribution in [1.82, 2.24) is 0 Å². The Morgan fingerprint density at radius 3 is 2.85 bits per heavy atom. The maximum atomic E-state index is 5.81. The van der Waals surface area contributed by atoms with Crippen LogP contribution < -0.4 is 11.5 Å². The lowest BCUT2D eigenvalue weighted by molar-refractivity contribution is 0.181. The van der Waals surface area contributed by atoms with Gasteiger partial charge in [-0.15, -0.1) is 0 Å². The second-order valence-electron chi connectivity index (χ2n) is 2.84. The number of methoxy groups -OCH3 is 1. The minimum atomic E-state index is -0.219. The number of ether oxygens (including phenoxy) is 1. The highest BCUT2D eigenvalue weighted by Gasteiger charge is 2.09. The molecule has 4 heteroatoms. The van der Waals surface area contributed by atoms with Crippen LogP contribution in [0.2, 0.25) is 5.02 Å². The molecular formula is C9H13ClN2O. The average molecular weight is 201 g/mol. The van der Waals surface area contributed by atoms with Gasteiger partial charge in [-0.3, -0.25) is 0 Å². The highest BCUT2D eigenvalue weighted by molar-refractivity contribution is 6.30. The Morgan fingerprint density at radius 1 is 1.54 bits per heavy atom. The van der Waals surface area contributed by atoms with Crippen LogP contribution >= 0.6 is 11.6 Å². The van der Waals surface area contributed by atoms with E-state index in [1.54, 1.807) is 25.3 Å². The lowest BCUT2D eigenvalue weighted by atomic mass is 10.1. The first-order chi connectivity index (χ1) is 6.15. The summed E-state index contributed by atoms with van der Waals surface area (Å²) in [4.78, 5) is 0. The molecule has 0 aromatic heterocycles. The maximum absolute atomic E-state index is 5.81. The summed E-state index contributed by atoms with van der Waals surface area (Å²) >= 11 is 5.81. The summed E-state index contributed by atoms with van der Waals surface area (Å²) in [7, 11) is 1.60. The molecule has 0 saturated heterocycles. The third kappa shape index (κ3) is 2.59. The molecule has 0 unspecified atom stereocenters. The van der Waals surface area contributed by atoms with E-state index >= 15 is 0 Å². The van der Waals surface area contributed by atoms with Crippen LogP contribution in [0, 0.1) is 0 Å². The van der Waals surface area contributed by atoms with Crippen molar-refractivity contribution >= 4 is 17.3 Å². The van der Waals surface area contributed by atoms with Gasteiger partial charge in [-0.25, -0.2) is 0 Å². The van der Waals surface area contributed by atoms with Gasteiger partial charge in [0.2, 0.25) is 0 Å². The molecule has 0 spiro atoms. The van der Waals surface area contributed by atoms with Gasteiger partial charge in [0, 0.05) is 17.8 Å². The van der Waals surface area contributed by atoms with Crippen LogP contribution in [0.4, 0.5) is 5.69 Å². The van der Waals surface area contributed by atoms with Crippen molar-refractivity contribution in [2.24, 2.45) is 5.73 Å². The summed E-state index contributed by atoms with van der Waals surface area (Å²) < 4.78 is 4.93. The molecule has 0 heterocycles. The summed E-state index contributed by atoms with van der Waals surface area (Å²) in [5.41, 5.74) is 13.0. The molecule has 1 atom stereocenters. The molecule has 0 aliphatic rings. The molecule has 13 heavy (non-hydrogen) atoms. The topological polar surface area (TPSA) is 61.3 Å². The Kier molecular flexibility index (Phi) is 3.54. The van der Waals surface area contributed by atoms with Crippen LogP contribution in [0.1, 0.15) is 11.6 Å². The fourth-order valence-corrected chi connectivity index (χ4v) is 1.32. The smallest absolute Gasteiger partial charge is 0.0656 e. The predicted molar refractivity (Wildman–Crippen MR) is 54.7 cm³/mol. The van der Waals surface area contributed by atoms with E-state index in [9.17, 15) is 0 Å². The van der Waals surface area contributed by atoms with E-state index in [1.807, 2.05) is 0 Å². The zero-order chi connectivity index (χ0) is 9.84. The normalized spacial score (nSPS) is 12.8. The van der Waals surface area contributed by atoms with Gasteiger partial charge in [-0.05, 0) is 23.8 Å². The monoisotopic (exact) mass is 200 g/mol. The molecule has 1 rings (SSSR count). The quantitative estimate of drug-likeness (QED) is 0.729. The van der Waals surface area contributed by atoms with Gasteiger partial charge < -0.3 is 16.2 Å². The van der Waals surface area contributed by atoms with Gasteiger partial charge in [0.15, 0.2) is 0 Å². The second-order valence-corrected chi connectivity index (χ2v) is 3.27. The number of hydrogen-bond acceptors (Lipinski definition) is 3. The van der Waals surface area contributed by atoms with E-state index in [2.05, 4.69) is 0 Å². The lowest BCUT2D eigenvalue weighted by Crippen LogP contribution is -2.17. The highest BCUT2D eigenvalue weighted by Crippen LogP contribution is 2.22. The predicted octanol–water partition coefficient (Wildman–Crippen LogP) is 1.57. The van der Waals surface area contributed by atoms with E-state index in [-0.39, 0.29) is 6.04 Å². The number of anilines is 1. The molecule has 0 saturated carbocycles. The molecule has 0 amide bonds. The van der Waals surface area contributed by atoms with Gasteiger partial charge in [0.05, 0.1) is 12.6 Å². The van der Waals surface area contributed by atoms with Crippen molar-refractivity contribution in [1.29, 1.82) is 0 Å². The second kappa shape index (κ2) is 4.46. The fraction of sp³-hybridized carbons (Fsp3) is 0.333. The van der Waals surface area contributed by atoms with Crippen LogP contribution in [0.5, 0.6) is 0 Å². The summed E-state index contributed by atoms with van der Waals surface area (Å²) in [5.74, 6) is 0. The van der Waals surface area contributed by atoms with Crippen molar-refractivity contribution in [2.75, 3.05) is 19.5 Å². The minimum Gasteiger partial charge on any atom is -0.398 e. The van der Waals surface area contributed by atoms with Crippen LogP contribution in [-0.4, -0.2) is 13.7 Å². The van der Waals surface area contributed by atoms with Gasteiger partial charge in [-0.2, -0.15) is 0 Å². The van der Waals surface area contributed by atoms with Gasteiger partial charge in [-0.1, -0.05) is 11.6 Å². The SMILES string of the molecule is COC[C@H](N)c1cc(Cl)ccc1N. The Bertz CT molecular complexity index is 291. The zero-order valence-electron chi connectivity index (χ0n) is 7.46. The van der Waals surface area contributed by atoms with Gasteiger partial charge >= 0.3 is 0 Å². The zero-order valence-corrected chi connectivity index (χ0v) is 8.21. The molecule has 3 nitrogen and oxygen atoms in total. The lowest BCUT2D eigenvalue weighted by Gasteiger charge is -2.13. The number of nitrogen functional groups attached to an aromatic ring is 1. The standard InChI is InChI=1S/C9H13ClN2O/c1-13-5-9(12)7-4-6(10)2-3-8(7)11/h2-4,9H,5,11-12H2,1H3/t9-/m0/s1. The molecule has 1 aromatic carbocycles. The van der Waals surface area contributed by atoms with Crippen molar-refractivity contribution in [2.45, 2.75) is 6.04 Å². The molecule has 0 aliphatic carbocycles. The molecule has 0 radical (unpaired) electrons. The van der Waals surface area contributed by atoms with E-state index in [4.69, 9.17) is 27.8 Å². The van der Waals surface area contributed by atoms with Gasteiger partial charge in [0.25, 0.3) is 0 Å². The summed E-state index contributed by atoms with van der Waals surface area (Å²) in [5, 5.41) is 0.635. The number of benzene rings is 1. The average Bonchev–Trinajstić information content (AvgIpc) is 2.09. The Morgan fingerprint density at radius 2 is 2.23 bits per heavy atom. The fourth-order valence-electron chi connectivity index (χ4n) is 1.14. The van der Waals surface area contributed by atoms with Crippen LogP contribution in [0.25, 0.3) is 0 Å². The number of nitrogens with two attached hydrogens (primary N) is 2. The molecule has 0 bridgehead atoms. The number of halogens is 1. The molecule has 0 fully saturated rings. The largest absolute Gasteiger partial charge is 0.398 e. The summed E-state index contributed by atoms with van der Waals surface area (Å²) in [6.07, 6.45) is 0. The Hall–Kier alpha value is -0.770. The van der Waals surface area contributed by atoms with E-state index in [0.29, 0.717) is 17.3 Å².